The fraction of sp³-hybridized carbons (Fsp3) is 0.133. The molecule has 206 valence electrons. The van der Waals surface area contributed by atoms with E-state index in [1.54, 1.807) is 54.6 Å². The molecule has 0 aromatic heterocycles. The lowest BCUT2D eigenvalue weighted by molar-refractivity contribution is -0.119. The van der Waals surface area contributed by atoms with Gasteiger partial charge in [-0.15, -0.1) is 0 Å². The Morgan fingerprint density at radius 3 is 2.27 bits per heavy atom. The minimum atomic E-state index is -4.00. The van der Waals surface area contributed by atoms with Crippen molar-refractivity contribution in [3.05, 3.63) is 118 Å². The molecule has 0 saturated carbocycles. The molecule has 0 aliphatic carbocycles. The number of sulfonamides is 1. The van der Waals surface area contributed by atoms with E-state index < -0.39 is 22.5 Å². The van der Waals surface area contributed by atoms with E-state index >= 15 is 0 Å². The molecule has 10 heteroatoms. The Bertz CT molecular complexity index is 1580. The maximum atomic E-state index is 13.4. The molecule has 1 N–H and O–H groups in total. The molecular formula is C30H28BrN3O5S. The van der Waals surface area contributed by atoms with Crippen molar-refractivity contribution in [3.63, 3.8) is 0 Å². The van der Waals surface area contributed by atoms with E-state index in [-0.39, 0.29) is 4.90 Å². The summed E-state index contributed by atoms with van der Waals surface area (Å²) in [6.45, 7) is 1.80. The second-order valence-electron chi connectivity index (χ2n) is 8.76. The lowest BCUT2D eigenvalue weighted by atomic mass is 10.2. The number of halogens is 1. The molecule has 0 aliphatic rings. The topological polar surface area (TPSA) is 97.3 Å². The zero-order chi connectivity index (χ0) is 28.5. The van der Waals surface area contributed by atoms with E-state index in [9.17, 15) is 13.2 Å². The number of nitrogens with one attached hydrogen (secondary N) is 1. The number of anilines is 1. The molecule has 0 radical (unpaired) electrons. The Kier molecular flexibility index (Phi) is 9.57. The lowest BCUT2D eigenvalue weighted by Crippen LogP contribution is -2.39. The number of benzene rings is 4. The number of methoxy groups -OCH3 is 1. The highest BCUT2D eigenvalue weighted by Crippen LogP contribution is 2.37. The predicted octanol–water partition coefficient (Wildman–Crippen LogP) is 5.69. The van der Waals surface area contributed by atoms with Gasteiger partial charge in [0.25, 0.3) is 15.9 Å². The molecule has 0 spiro atoms. The third-order valence-electron chi connectivity index (χ3n) is 5.82. The van der Waals surface area contributed by atoms with Gasteiger partial charge in [0.05, 0.1) is 28.4 Å². The molecule has 0 fully saturated rings. The number of carbonyl (C=O) groups excluding carboxylic acids is 1. The van der Waals surface area contributed by atoms with Crippen LogP contribution in [0.5, 0.6) is 11.5 Å². The minimum absolute atomic E-state index is 0.0818. The Labute approximate surface area is 242 Å². The summed E-state index contributed by atoms with van der Waals surface area (Å²) in [5.74, 6) is 0.412. The van der Waals surface area contributed by atoms with Crippen LogP contribution in [-0.2, 0) is 21.4 Å². The second-order valence-corrected chi connectivity index (χ2v) is 11.5. The molecule has 0 atom stereocenters. The normalized spacial score (nSPS) is 11.3. The number of hydrazone groups is 1. The van der Waals surface area contributed by atoms with E-state index in [4.69, 9.17) is 9.47 Å². The van der Waals surface area contributed by atoms with E-state index in [0.29, 0.717) is 33.8 Å². The summed E-state index contributed by atoms with van der Waals surface area (Å²) in [7, 11) is -2.47. The van der Waals surface area contributed by atoms with Crippen LogP contribution in [0.4, 0.5) is 5.69 Å². The summed E-state index contributed by atoms with van der Waals surface area (Å²) in [5, 5.41) is 4.03. The third kappa shape index (κ3) is 7.28. The van der Waals surface area contributed by atoms with E-state index in [1.165, 1.54) is 25.5 Å². The maximum Gasteiger partial charge on any atom is 0.264 e. The van der Waals surface area contributed by atoms with Crippen LogP contribution in [0.25, 0.3) is 0 Å². The lowest BCUT2D eigenvalue weighted by Gasteiger charge is -2.23. The first kappa shape index (κ1) is 28.8. The molecule has 4 aromatic carbocycles. The second kappa shape index (κ2) is 13.3. The van der Waals surface area contributed by atoms with Crippen molar-refractivity contribution in [1.29, 1.82) is 0 Å². The number of aryl methyl sites for hydroxylation is 1. The zero-order valence-corrected chi connectivity index (χ0v) is 24.4. The highest BCUT2D eigenvalue weighted by molar-refractivity contribution is 9.10. The highest BCUT2D eigenvalue weighted by Gasteiger charge is 2.27. The Morgan fingerprint density at radius 2 is 1.62 bits per heavy atom. The van der Waals surface area contributed by atoms with Crippen molar-refractivity contribution < 1.29 is 22.7 Å². The van der Waals surface area contributed by atoms with Crippen LogP contribution in [0.15, 0.2) is 112 Å². The van der Waals surface area contributed by atoms with Gasteiger partial charge in [-0.3, -0.25) is 9.10 Å². The summed E-state index contributed by atoms with van der Waals surface area (Å²) in [5.41, 5.74) is 5.40. The molecule has 0 heterocycles. The van der Waals surface area contributed by atoms with Gasteiger partial charge < -0.3 is 9.47 Å². The van der Waals surface area contributed by atoms with Crippen LogP contribution in [0.2, 0.25) is 0 Å². The average molecular weight is 623 g/mol. The van der Waals surface area contributed by atoms with E-state index in [2.05, 4.69) is 26.5 Å². The SMILES string of the molecule is COc1cc(/C=N\NC(=O)CN(c2ccc(C)cc2)S(=O)(=O)c2ccccc2)cc(Br)c1OCc1ccccc1. The van der Waals surface area contributed by atoms with Crippen molar-refractivity contribution in [2.24, 2.45) is 5.10 Å². The number of rotatable bonds is 11. The molecule has 0 bridgehead atoms. The minimum Gasteiger partial charge on any atom is -0.493 e. The van der Waals surface area contributed by atoms with Crippen molar-refractivity contribution in [1.82, 2.24) is 5.43 Å². The molecule has 0 saturated heterocycles. The van der Waals surface area contributed by atoms with Gasteiger partial charge in [-0.25, -0.2) is 13.8 Å². The summed E-state index contributed by atoms with van der Waals surface area (Å²) < 4.78 is 40.0. The molecule has 8 nitrogen and oxygen atoms in total. The number of nitrogens with zero attached hydrogens (tertiary/aromatic N) is 2. The highest BCUT2D eigenvalue weighted by atomic mass is 79.9. The smallest absolute Gasteiger partial charge is 0.264 e. The molecule has 0 unspecified atom stereocenters. The molecule has 40 heavy (non-hydrogen) atoms. The first-order valence-electron chi connectivity index (χ1n) is 12.3. The predicted molar refractivity (Wildman–Crippen MR) is 159 cm³/mol. The van der Waals surface area contributed by atoms with E-state index in [0.717, 1.165) is 15.4 Å². The Morgan fingerprint density at radius 1 is 0.975 bits per heavy atom. The summed E-state index contributed by atoms with van der Waals surface area (Å²) in [6.07, 6.45) is 1.44. The van der Waals surface area contributed by atoms with Gasteiger partial charge in [-0.05, 0) is 70.4 Å². The van der Waals surface area contributed by atoms with Gasteiger partial charge >= 0.3 is 0 Å². The Hall–Kier alpha value is -4.15. The van der Waals surface area contributed by atoms with Crippen molar-refractivity contribution in [2.75, 3.05) is 18.0 Å². The summed E-state index contributed by atoms with van der Waals surface area (Å²) in [6, 6.07) is 28.1. The Balaban J connectivity index is 1.48. The van der Waals surface area contributed by atoms with E-state index in [1.807, 2.05) is 37.3 Å². The molecule has 4 rings (SSSR count). The van der Waals surface area contributed by atoms with Gasteiger partial charge in [0, 0.05) is 0 Å². The van der Waals surface area contributed by atoms with Crippen LogP contribution in [0, 0.1) is 6.92 Å². The van der Waals surface area contributed by atoms with Crippen LogP contribution >= 0.6 is 15.9 Å². The van der Waals surface area contributed by atoms with Gasteiger partial charge in [0.15, 0.2) is 11.5 Å². The molecular weight excluding hydrogens is 594 g/mol. The quantitative estimate of drug-likeness (QED) is 0.171. The number of hydrogen-bond acceptors (Lipinski definition) is 6. The molecule has 1 amide bonds. The number of amides is 1. The summed E-state index contributed by atoms with van der Waals surface area (Å²) in [4.78, 5) is 12.9. The van der Waals surface area contributed by atoms with Gasteiger partial charge in [-0.1, -0.05) is 66.2 Å². The van der Waals surface area contributed by atoms with Gasteiger partial charge in [0.1, 0.15) is 13.2 Å². The largest absolute Gasteiger partial charge is 0.493 e. The average Bonchev–Trinajstić information content (AvgIpc) is 2.96. The molecule has 4 aromatic rings. The fourth-order valence-corrected chi connectivity index (χ4v) is 5.79. The zero-order valence-electron chi connectivity index (χ0n) is 22.0. The van der Waals surface area contributed by atoms with Crippen LogP contribution in [0.3, 0.4) is 0 Å². The monoisotopic (exact) mass is 621 g/mol. The number of carbonyl (C=O) groups is 1. The first-order valence-corrected chi connectivity index (χ1v) is 14.5. The standard InChI is InChI=1S/C30H28BrN3O5S/c1-22-13-15-25(16-14-22)34(40(36,37)26-11-7-4-8-12-26)20-29(35)33-32-19-24-17-27(31)30(28(18-24)38-2)39-21-23-9-5-3-6-10-23/h3-19H,20-21H2,1-2H3,(H,33,35)/b32-19-. The van der Waals surface area contributed by atoms with Gasteiger partial charge in [-0.2, -0.15) is 5.10 Å². The number of hydrogen-bond donors (Lipinski definition) is 1. The first-order chi connectivity index (χ1) is 19.3. The van der Waals surface area contributed by atoms with Crippen molar-refractivity contribution >= 4 is 43.8 Å². The van der Waals surface area contributed by atoms with Crippen LogP contribution in [-0.4, -0.2) is 34.2 Å². The number of ether oxygens (including phenoxy) is 2. The maximum absolute atomic E-state index is 13.4. The van der Waals surface area contributed by atoms with Crippen molar-refractivity contribution in [2.45, 2.75) is 18.4 Å². The van der Waals surface area contributed by atoms with Gasteiger partial charge in [0.2, 0.25) is 0 Å². The summed E-state index contributed by atoms with van der Waals surface area (Å²) >= 11 is 3.51. The third-order valence-corrected chi connectivity index (χ3v) is 8.20. The van der Waals surface area contributed by atoms with Crippen molar-refractivity contribution in [3.8, 4) is 11.5 Å². The van der Waals surface area contributed by atoms with Crippen LogP contribution in [0.1, 0.15) is 16.7 Å². The molecule has 0 aliphatic heterocycles. The fourth-order valence-electron chi connectivity index (χ4n) is 3.77. The van der Waals surface area contributed by atoms with Crippen LogP contribution < -0.4 is 19.2 Å².